The average molecular weight is 344 g/mol. The molecule has 0 atom stereocenters. The summed E-state index contributed by atoms with van der Waals surface area (Å²) in [6.45, 7) is 24.8. The van der Waals surface area contributed by atoms with Crippen molar-refractivity contribution in [3.8, 4) is 0 Å². The van der Waals surface area contributed by atoms with Crippen LogP contribution in [-0.4, -0.2) is 0 Å². The van der Waals surface area contributed by atoms with Crippen molar-refractivity contribution in [3.05, 3.63) is 64.7 Å². The Bertz CT molecular complexity index is 137. The summed E-state index contributed by atoms with van der Waals surface area (Å²) in [5.74, 6) is 2.39. The van der Waals surface area contributed by atoms with E-state index in [0.29, 0.717) is 0 Å². The van der Waals surface area contributed by atoms with E-state index in [4.69, 9.17) is 9.30 Å². The molecule has 0 saturated heterocycles. The Morgan fingerprint density at radius 2 is 1.05 bits per heavy atom. The fraction of sp³-hybridized carbons (Fsp3) is 0.375. The van der Waals surface area contributed by atoms with Crippen LogP contribution in [0.2, 0.25) is 0 Å². The van der Waals surface area contributed by atoms with Crippen LogP contribution in [0.5, 0.6) is 0 Å². The second kappa shape index (κ2) is 36.2. The van der Waals surface area contributed by atoms with E-state index >= 15 is 0 Å². The van der Waals surface area contributed by atoms with Crippen molar-refractivity contribution in [2.75, 3.05) is 0 Å². The van der Waals surface area contributed by atoms with Crippen molar-refractivity contribution < 1.29 is 30.4 Å². The molecule has 0 aliphatic carbocycles. The summed E-state index contributed by atoms with van der Waals surface area (Å²) in [6, 6.07) is 0. The summed E-state index contributed by atoms with van der Waals surface area (Å²) in [7, 11) is 0. The van der Waals surface area contributed by atoms with Crippen LogP contribution >= 0.6 is 0 Å². The minimum atomic E-state index is 0. The molecule has 0 N–H and O–H groups in total. The molecule has 3 heteroatoms. The minimum Gasteiger partial charge on any atom is -0.0648 e. The predicted octanol–water partition coefficient (Wildman–Crippen LogP) is 4.39. The molecule has 106 valence electrons. The van der Waals surface area contributed by atoms with Crippen LogP contribution in [0.25, 0.3) is 0 Å². The molecule has 0 aromatic heterocycles. The first-order valence-corrected chi connectivity index (χ1v) is 5.64. The smallest absolute Gasteiger partial charge is 0 e. The maximum absolute atomic E-state index is 7.50. The van der Waals surface area contributed by atoms with Gasteiger partial charge in [0.05, 0.1) is 0 Å². The van der Waals surface area contributed by atoms with Gasteiger partial charge in [0.15, 0.2) is 0 Å². The van der Waals surface area contributed by atoms with Gasteiger partial charge >= 0.3 is 22.6 Å². The van der Waals surface area contributed by atoms with Gasteiger partial charge in [0, 0.05) is 21.1 Å². The fourth-order valence-corrected chi connectivity index (χ4v) is 0.707. The monoisotopic (exact) mass is 346 g/mol. The van der Waals surface area contributed by atoms with Gasteiger partial charge in [-0.1, -0.05) is 27.7 Å². The maximum atomic E-state index is 7.50. The third-order valence-corrected chi connectivity index (χ3v) is 1.71. The van der Waals surface area contributed by atoms with E-state index in [2.05, 4.69) is 41.0 Å². The van der Waals surface area contributed by atoms with Crippen molar-refractivity contribution in [2.24, 2.45) is 0 Å². The molecule has 0 aliphatic heterocycles. The van der Waals surface area contributed by atoms with E-state index in [9.17, 15) is 0 Å². The zero-order valence-corrected chi connectivity index (χ0v) is 14.4. The Hall–Kier alpha value is 0.168. The van der Waals surface area contributed by atoms with Crippen molar-refractivity contribution in [1.29, 1.82) is 0 Å². The van der Waals surface area contributed by atoms with Gasteiger partial charge in [-0.2, -0.15) is 0 Å². The zero-order chi connectivity index (χ0) is 15.4. The number of hydrogen-bond donors (Lipinski definition) is 0. The molecule has 0 amide bonds. The topological polar surface area (TPSA) is 39.8 Å². The van der Waals surface area contributed by atoms with Crippen LogP contribution in [0.4, 0.5) is 0 Å². The standard InChI is InChI=1S/2C7H12.2CO.Mo/c2*1-4-6-7(3)5-2;2*1-2;/h2*4,6H,3,5H2,1-2H3;;;. The van der Waals surface area contributed by atoms with E-state index in [1.807, 2.05) is 39.5 Å². The summed E-state index contributed by atoms with van der Waals surface area (Å²) in [5, 5.41) is 0. The normalized spacial score (nSPS) is 7.79. The van der Waals surface area contributed by atoms with Gasteiger partial charge in [-0.05, 0) is 64.2 Å². The first-order chi connectivity index (χ1) is 8.62. The van der Waals surface area contributed by atoms with Crippen LogP contribution in [0.15, 0.2) is 0 Å². The molecule has 0 aromatic carbocycles. The zero-order valence-electron chi connectivity index (χ0n) is 12.4. The van der Waals surface area contributed by atoms with E-state index < -0.39 is 0 Å². The molecule has 0 aromatic rings. The molecule has 0 heterocycles. The summed E-state index contributed by atoms with van der Waals surface area (Å²) in [5.41, 5.74) is 0. The van der Waals surface area contributed by atoms with Crippen molar-refractivity contribution in [2.45, 2.75) is 40.5 Å². The minimum absolute atomic E-state index is 0. The van der Waals surface area contributed by atoms with Gasteiger partial charge in [-0.15, -0.1) is 0 Å². The van der Waals surface area contributed by atoms with E-state index in [1.54, 1.807) is 0 Å². The van der Waals surface area contributed by atoms with Crippen molar-refractivity contribution >= 4 is 0 Å². The molecule has 0 bridgehead atoms. The number of hydrogen-bond acceptors (Lipinski definition) is 0. The molecule has 2 nitrogen and oxygen atoms in total. The summed E-state index contributed by atoms with van der Waals surface area (Å²) < 4.78 is 15.0. The predicted molar refractivity (Wildman–Crippen MR) is 74.2 cm³/mol. The summed E-state index contributed by atoms with van der Waals surface area (Å²) in [4.78, 5) is 0. The third kappa shape index (κ3) is 45.9. The van der Waals surface area contributed by atoms with E-state index in [1.165, 1.54) is 11.8 Å². The molecule has 8 radical (unpaired) electrons. The Labute approximate surface area is 135 Å². The average Bonchev–Trinajstić information content (AvgIpc) is 2.44. The Morgan fingerprint density at radius 1 is 0.842 bits per heavy atom. The third-order valence-electron chi connectivity index (χ3n) is 1.71. The van der Waals surface area contributed by atoms with Gasteiger partial charge in [-0.3, -0.25) is 0 Å². The quantitative estimate of drug-likeness (QED) is 0.390. The Balaban J connectivity index is -0.0000000522. The van der Waals surface area contributed by atoms with Gasteiger partial charge in [0.25, 0.3) is 0 Å². The summed E-state index contributed by atoms with van der Waals surface area (Å²) >= 11 is 0. The van der Waals surface area contributed by atoms with Crippen LogP contribution in [0, 0.1) is 64.7 Å². The van der Waals surface area contributed by atoms with Crippen LogP contribution in [-0.2, 0) is 30.4 Å². The van der Waals surface area contributed by atoms with Gasteiger partial charge in [0.1, 0.15) is 0 Å². The molecular weight excluding hydrogens is 320 g/mol. The largest absolute Gasteiger partial charge is 0.0648 e. The molecule has 0 aliphatic rings. The first-order valence-electron chi connectivity index (χ1n) is 5.64. The van der Waals surface area contributed by atoms with Crippen LogP contribution in [0.3, 0.4) is 0 Å². The first kappa shape index (κ1) is 31.5. The molecule has 0 spiro atoms. The Kier molecular flexibility index (Phi) is 60.0. The second-order valence-corrected chi connectivity index (χ2v) is 3.02. The molecular formula is C16H24MoO2. The van der Waals surface area contributed by atoms with Crippen molar-refractivity contribution in [1.82, 2.24) is 0 Å². The van der Waals surface area contributed by atoms with Gasteiger partial charge in [-0.25, -0.2) is 0 Å². The second-order valence-electron chi connectivity index (χ2n) is 3.02. The molecule has 0 unspecified atom stereocenters. The Morgan fingerprint density at radius 3 is 1.11 bits per heavy atom. The summed E-state index contributed by atoms with van der Waals surface area (Å²) in [6.07, 6.45) is 10.2. The van der Waals surface area contributed by atoms with Gasteiger partial charge in [0.2, 0.25) is 0 Å². The molecule has 0 rings (SSSR count). The molecule has 0 fully saturated rings. The molecule has 19 heavy (non-hydrogen) atoms. The van der Waals surface area contributed by atoms with Crippen LogP contribution in [0.1, 0.15) is 40.5 Å². The molecule has 0 saturated carbocycles. The SMILES string of the molecule is [C-]#[O+].[C-]#[O+].[CH2][C]([CH][CH]C)CC.[CH2][C]([CH][CH]C)CC.[Mo]. The number of rotatable bonds is 6. The van der Waals surface area contributed by atoms with Gasteiger partial charge < -0.3 is 0 Å². The maximum Gasteiger partial charge on any atom is 0 e. The van der Waals surface area contributed by atoms with E-state index in [-0.39, 0.29) is 21.1 Å². The van der Waals surface area contributed by atoms with Crippen LogP contribution < -0.4 is 0 Å². The van der Waals surface area contributed by atoms with E-state index in [0.717, 1.165) is 12.8 Å². The van der Waals surface area contributed by atoms with Crippen molar-refractivity contribution in [3.63, 3.8) is 0 Å². The fourth-order valence-electron chi connectivity index (χ4n) is 0.707.